The standard InChI is InChI=1S/C21H29N5O2/c1-4-25(5-2)20-12-16(3)22-21(23-20)26-10-8-24(9-11-26)14-17-6-7-18-19(13-17)28-15-27-18/h6-7,12-13H,4-5,8-11,14-15H2,1-3H3. The lowest BCUT2D eigenvalue weighted by Crippen LogP contribution is -2.46. The van der Waals surface area contributed by atoms with Crippen LogP contribution in [-0.2, 0) is 6.54 Å². The number of aromatic nitrogens is 2. The zero-order valence-corrected chi connectivity index (χ0v) is 17.0. The minimum Gasteiger partial charge on any atom is -0.454 e. The maximum Gasteiger partial charge on any atom is 0.231 e. The predicted molar refractivity (Wildman–Crippen MR) is 110 cm³/mol. The highest BCUT2D eigenvalue weighted by atomic mass is 16.7. The second-order valence-corrected chi connectivity index (χ2v) is 7.29. The number of aryl methyl sites for hydroxylation is 1. The molecule has 0 amide bonds. The van der Waals surface area contributed by atoms with E-state index in [1.54, 1.807) is 0 Å². The van der Waals surface area contributed by atoms with Crippen molar-refractivity contribution in [3.63, 3.8) is 0 Å². The van der Waals surface area contributed by atoms with E-state index >= 15 is 0 Å². The van der Waals surface area contributed by atoms with Gasteiger partial charge in [-0.2, -0.15) is 4.98 Å². The molecule has 0 bridgehead atoms. The maximum atomic E-state index is 5.49. The molecule has 1 saturated heterocycles. The molecule has 2 aliphatic heterocycles. The average Bonchev–Trinajstić information content (AvgIpc) is 3.17. The van der Waals surface area contributed by atoms with Crippen molar-refractivity contribution in [3.05, 3.63) is 35.5 Å². The summed E-state index contributed by atoms with van der Waals surface area (Å²) < 4.78 is 10.9. The Labute approximate surface area is 166 Å². The first-order chi connectivity index (χ1) is 13.7. The van der Waals surface area contributed by atoms with Gasteiger partial charge in [0.2, 0.25) is 12.7 Å². The molecule has 1 aromatic carbocycles. The molecule has 2 aliphatic rings. The van der Waals surface area contributed by atoms with Gasteiger partial charge < -0.3 is 19.3 Å². The highest BCUT2D eigenvalue weighted by Crippen LogP contribution is 2.33. The first-order valence-electron chi connectivity index (χ1n) is 10.1. The SMILES string of the molecule is CCN(CC)c1cc(C)nc(N2CCN(Cc3ccc4c(c3)OCO4)CC2)n1. The molecule has 28 heavy (non-hydrogen) atoms. The van der Waals surface area contributed by atoms with Crippen LogP contribution in [-0.4, -0.2) is 60.9 Å². The molecule has 0 unspecified atom stereocenters. The summed E-state index contributed by atoms with van der Waals surface area (Å²) in [5, 5.41) is 0. The molecule has 1 fully saturated rings. The Hall–Kier alpha value is -2.54. The van der Waals surface area contributed by atoms with Gasteiger partial charge in [-0.25, -0.2) is 4.98 Å². The van der Waals surface area contributed by atoms with Crippen LogP contribution in [0.4, 0.5) is 11.8 Å². The first kappa shape index (κ1) is 18.8. The Kier molecular flexibility index (Phi) is 5.52. The topological polar surface area (TPSA) is 54.0 Å². The highest BCUT2D eigenvalue weighted by Gasteiger charge is 2.21. The van der Waals surface area contributed by atoms with Gasteiger partial charge in [-0.05, 0) is 38.5 Å². The fourth-order valence-corrected chi connectivity index (χ4v) is 3.79. The average molecular weight is 383 g/mol. The van der Waals surface area contributed by atoms with Gasteiger partial charge in [0.05, 0.1) is 0 Å². The van der Waals surface area contributed by atoms with E-state index in [2.05, 4.69) is 46.7 Å². The van der Waals surface area contributed by atoms with Crippen molar-refractivity contribution >= 4 is 11.8 Å². The lowest BCUT2D eigenvalue weighted by Gasteiger charge is -2.35. The molecule has 7 nitrogen and oxygen atoms in total. The van der Waals surface area contributed by atoms with E-state index < -0.39 is 0 Å². The van der Waals surface area contributed by atoms with Crippen molar-refractivity contribution in [2.75, 3.05) is 55.9 Å². The molecule has 0 radical (unpaired) electrons. The Morgan fingerprint density at radius 1 is 0.964 bits per heavy atom. The Bertz CT molecular complexity index is 816. The number of fused-ring (bicyclic) bond motifs is 1. The van der Waals surface area contributed by atoms with Crippen LogP contribution in [0.3, 0.4) is 0 Å². The number of hydrogen-bond donors (Lipinski definition) is 0. The van der Waals surface area contributed by atoms with Crippen molar-refractivity contribution in [2.24, 2.45) is 0 Å². The van der Waals surface area contributed by atoms with Crippen LogP contribution in [0, 0.1) is 6.92 Å². The van der Waals surface area contributed by atoms with Gasteiger partial charge in [-0.3, -0.25) is 4.90 Å². The van der Waals surface area contributed by atoms with E-state index in [1.165, 1.54) is 5.56 Å². The second-order valence-electron chi connectivity index (χ2n) is 7.29. The van der Waals surface area contributed by atoms with Crippen molar-refractivity contribution in [1.29, 1.82) is 0 Å². The van der Waals surface area contributed by atoms with Gasteiger partial charge in [-0.15, -0.1) is 0 Å². The van der Waals surface area contributed by atoms with Crippen molar-refractivity contribution in [1.82, 2.24) is 14.9 Å². The second kappa shape index (κ2) is 8.22. The largest absolute Gasteiger partial charge is 0.454 e. The van der Waals surface area contributed by atoms with E-state index in [-0.39, 0.29) is 0 Å². The summed E-state index contributed by atoms with van der Waals surface area (Å²) in [6.07, 6.45) is 0. The summed E-state index contributed by atoms with van der Waals surface area (Å²) in [5.74, 6) is 3.57. The van der Waals surface area contributed by atoms with Gasteiger partial charge in [-0.1, -0.05) is 6.07 Å². The van der Waals surface area contributed by atoms with E-state index in [4.69, 9.17) is 19.4 Å². The minimum absolute atomic E-state index is 0.323. The fourth-order valence-electron chi connectivity index (χ4n) is 3.79. The third kappa shape index (κ3) is 3.99. The van der Waals surface area contributed by atoms with Gasteiger partial charge >= 0.3 is 0 Å². The van der Waals surface area contributed by atoms with Crippen molar-refractivity contribution < 1.29 is 9.47 Å². The lowest BCUT2D eigenvalue weighted by molar-refractivity contribution is 0.174. The van der Waals surface area contributed by atoms with Crippen LogP contribution >= 0.6 is 0 Å². The number of ether oxygens (including phenoxy) is 2. The zero-order valence-electron chi connectivity index (χ0n) is 17.0. The van der Waals surface area contributed by atoms with E-state index in [0.717, 1.165) is 74.8 Å². The molecule has 7 heteroatoms. The van der Waals surface area contributed by atoms with Gasteiger partial charge in [0.1, 0.15) is 5.82 Å². The molecule has 150 valence electrons. The smallest absolute Gasteiger partial charge is 0.231 e. The van der Waals surface area contributed by atoms with Crippen LogP contribution in [0.5, 0.6) is 11.5 Å². The van der Waals surface area contributed by atoms with E-state index in [0.29, 0.717) is 6.79 Å². The molecule has 0 saturated carbocycles. The molecule has 1 aromatic heterocycles. The molecule has 0 spiro atoms. The van der Waals surface area contributed by atoms with Gasteiger partial charge in [0.15, 0.2) is 11.5 Å². The van der Waals surface area contributed by atoms with E-state index in [9.17, 15) is 0 Å². The number of nitrogens with zero attached hydrogens (tertiary/aromatic N) is 5. The molecular weight excluding hydrogens is 354 g/mol. The summed E-state index contributed by atoms with van der Waals surface area (Å²) in [4.78, 5) is 16.6. The first-order valence-corrected chi connectivity index (χ1v) is 10.1. The maximum absolute atomic E-state index is 5.49. The quantitative estimate of drug-likeness (QED) is 0.760. The summed E-state index contributed by atoms with van der Waals surface area (Å²) >= 11 is 0. The van der Waals surface area contributed by atoms with E-state index in [1.807, 2.05) is 13.0 Å². The zero-order chi connectivity index (χ0) is 19.5. The normalized spacial score (nSPS) is 16.5. The van der Waals surface area contributed by atoms with Crippen molar-refractivity contribution in [2.45, 2.75) is 27.3 Å². The Balaban J connectivity index is 1.39. The van der Waals surface area contributed by atoms with Gasteiger partial charge in [0.25, 0.3) is 0 Å². The molecule has 2 aromatic rings. The number of anilines is 2. The van der Waals surface area contributed by atoms with Crippen LogP contribution < -0.4 is 19.3 Å². The number of benzene rings is 1. The summed E-state index contributed by atoms with van der Waals surface area (Å²) in [5.41, 5.74) is 2.28. The summed E-state index contributed by atoms with van der Waals surface area (Å²) in [7, 11) is 0. The number of piperazine rings is 1. The monoisotopic (exact) mass is 383 g/mol. The minimum atomic E-state index is 0.323. The van der Waals surface area contributed by atoms with Crippen LogP contribution in [0.25, 0.3) is 0 Å². The molecule has 0 N–H and O–H groups in total. The summed E-state index contributed by atoms with van der Waals surface area (Å²) in [6, 6.07) is 8.30. The fraction of sp³-hybridized carbons (Fsp3) is 0.524. The van der Waals surface area contributed by atoms with Crippen LogP contribution in [0.2, 0.25) is 0 Å². The molecule has 3 heterocycles. The lowest BCUT2D eigenvalue weighted by atomic mass is 10.1. The molecule has 0 atom stereocenters. The predicted octanol–water partition coefficient (Wildman–Crippen LogP) is 2.68. The third-order valence-corrected chi connectivity index (χ3v) is 5.41. The third-order valence-electron chi connectivity index (χ3n) is 5.41. The molecule has 4 rings (SSSR count). The number of hydrogen-bond acceptors (Lipinski definition) is 7. The molecular formula is C21H29N5O2. The molecule has 0 aliphatic carbocycles. The van der Waals surface area contributed by atoms with Gasteiger partial charge in [0, 0.05) is 57.6 Å². The van der Waals surface area contributed by atoms with Crippen LogP contribution in [0.1, 0.15) is 25.1 Å². The van der Waals surface area contributed by atoms with Crippen LogP contribution in [0.15, 0.2) is 24.3 Å². The van der Waals surface area contributed by atoms with Crippen molar-refractivity contribution in [3.8, 4) is 11.5 Å². The Morgan fingerprint density at radius 3 is 2.46 bits per heavy atom. The Morgan fingerprint density at radius 2 is 1.71 bits per heavy atom. The summed E-state index contributed by atoms with van der Waals surface area (Å²) in [6.45, 7) is 13.4. The number of rotatable bonds is 6. The highest BCUT2D eigenvalue weighted by molar-refractivity contribution is 5.46.